The van der Waals surface area contributed by atoms with Gasteiger partial charge in [-0.25, -0.2) is 0 Å². The Balaban J connectivity index is 1.35. The number of esters is 1. The maximum Gasteiger partial charge on any atom is 0.310 e. The number of carbonyl (C=O) groups is 2. The minimum Gasteiger partial charge on any atom is -0.486 e. The van der Waals surface area contributed by atoms with E-state index in [0.717, 1.165) is 29.8 Å². The van der Waals surface area contributed by atoms with Gasteiger partial charge in [-0.3, -0.25) is 9.59 Å². The SMILES string of the molecule is Cc1cc(C(=O)COC(=O)Cc2ccc3c(c2)OCCO3)c(C)n1C1CC1. The van der Waals surface area contributed by atoms with Crippen LogP contribution in [0.3, 0.4) is 0 Å². The predicted octanol–water partition coefficient (Wildman–Crippen LogP) is 3.18. The van der Waals surface area contributed by atoms with E-state index in [-0.39, 0.29) is 18.8 Å². The van der Waals surface area contributed by atoms with Gasteiger partial charge >= 0.3 is 5.97 Å². The zero-order valence-corrected chi connectivity index (χ0v) is 15.6. The van der Waals surface area contributed by atoms with Crippen LogP contribution < -0.4 is 9.47 Å². The van der Waals surface area contributed by atoms with E-state index in [1.165, 1.54) is 0 Å². The lowest BCUT2D eigenvalue weighted by Crippen LogP contribution is -2.17. The smallest absolute Gasteiger partial charge is 0.310 e. The first kappa shape index (κ1) is 17.6. The summed E-state index contributed by atoms with van der Waals surface area (Å²) in [7, 11) is 0. The van der Waals surface area contributed by atoms with Crippen LogP contribution in [-0.2, 0) is 16.0 Å². The number of carbonyl (C=O) groups excluding carboxylic acids is 2. The van der Waals surface area contributed by atoms with Gasteiger partial charge in [0, 0.05) is 23.0 Å². The monoisotopic (exact) mass is 369 g/mol. The van der Waals surface area contributed by atoms with Gasteiger partial charge < -0.3 is 18.8 Å². The summed E-state index contributed by atoms with van der Waals surface area (Å²) >= 11 is 0. The van der Waals surface area contributed by atoms with Crippen molar-refractivity contribution in [1.82, 2.24) is 4.57 Å². The molecule has 1 aromatic carbocycles. The third-order valence-electron chi connectivity index (χ3n) is 5.02. The molecule has 2 aromatic rings. The maximum atomic E-state index is 12.5. The molecule has 0 atom stereocenters. The molecule has 1 fully saturated rings. The van der Waals surface area contributed by atoms with Gasteiger partial charge in [0.1, 0.15) is 13.2 Å². The minimum atomic E-state index is -0.434. The molecule has 0 amide bonds. The molecular formula is C21H23NO5. The second-order valence-corrected chi connectivity index (χ2v) is 7.12. The topological polar surface area (TPSA) is 66.8 Å². The average Bonchev–Trinajstić information content (AvgIpc) is 3.44. The van der Waals surface area contributed by atoms with Crippen molar-refractivity contribution in [2.45, 2.75) is 39.2 Å². The lowest BCUT2D eigenvalue weighted by molar-refractivity contribution is -0.141. The summed E-state index contributed by atoms with van der Waals surface area (Å²) < 4.78 is 18.4. The van der Waals surface area contributed by atoms with Crippen molar-refractivity contribution >= 4 is 11.8 Å². The molecule has 1 saturated carbocycles. The van der Waals surface area contributed by atoms with E-state index < -0.39 is 5.97 Å². The summed E-state index contributed by atoms with van der Waals surface area (Å²) in [5.74, 6) is 0.719. The number of hydrogen-bond donors (Lipinski definition) is 0. The van der Waals surface area contributed by atoms with Crippen LogP contribution in [0.15, 0.2) is 24.3 Å². The van der Waals surface area contributed by atoms with Gasteiger partial charge in [0.2, 0.25) is 5.78 Å². The Morgan fingerprint density at radius 2 is 1.85 bits per heavy atom. The zero-order chi connectivity index (χ0) is 19.0. The van der Waals surface area contributed by atoms with Crippen molar-refractivity contribution in [3.8, 4) is 11.5 Å². The van der Waals surface area contributed by atoms with Gasteiger partial charge in [0.25, 0.3) is 0 Å². The summed E-state index contributed by atoms with van der Waals surface area (Å²) in [4.78, 5) is 24.6. The number of aryl methyl sites for hydroxylation is 1. The quantitative estimate of drug-likeness (QED) is 0.578. The number of Topliss-reactive ketones (excluding diaryl/α,β-unsaturated/α-hetero) is 1. The Labute approximate surface area is 158 Å². The van der Waals surface area contributed by atoms with Gasteiger partial charge in [0.05, 0.1) is 6.42 Å². The standard InChI is InChI=1S/C21H23NO5/c1-13-9-17(14(2)22(13)16-4-5-16)18(23)12-27-21(24)11-15-3-6-19-20(10-15)26-8-7-25-19/h3,6,9-10,16H,4-5,7-8,11-12H2,1-2H3. The largest absolute Gasteiger partial charge is 0.486 e. The number of ketones is 1. The zero-order valence-electron chi connectivity index (χ0n) is 15.6. The molecule has 1 aliphatic carbocycles. The molecule has 0 radical (unpaired) electrons. The Morgan fingerprint density at radius 3 is 2.59 bits per heavy atom. The molecule has 142 valence electrons. The summed E-state index contributed by atoms with van der Waals surface area (Å²) in [6.07, 6.45) is 2.41. The summed E-state index contributed by atoms with van der Waals surface area (Å²) in [5.41, 5.74) is 3.46. The van der Waals surface area contributed by atoms with Crippen LogP contribution in [0.4, 0.5) is 0 Å². The van der Waals surface area contributed by atoms with Crippen molar-refractivity contribution < 1.29 is 23.8 Å². The van der Waals surface area contributed by atoms with Crippen molar-refractivity contribution in [2.75, 3.05) is 19.8 Å². The fourth-order valence-electron chi connectivity index (χ4n) is 3.59. The summed E-state index contributed by atoms with van der Waals surface area (Å²) in [5, 5.41) is 0. The highest BCUT2D eigenvalue weighted by molar-refractivity contribution is 5.99. The number of aromatic nitrogens is 1. The highest BCUT2D eigenvalue weighted by atomic mass is 16.6. The average molecular weight is 369 g/mol. The van der Waals surface area contributed by atoms with Crippen LogP contribution >= 0.6 is 0 Å². The number of ether oxygens (including phenoxy) is 3. The maximum absolute atomic E-state index is 12.5. The Bertz CT molecular complexity index is 894. The summed E-state index contributed by atoms with van der Waals surface area (Å²) in [6.45, 7) is 4.75. The van der Waals surface area contributed by atoms with Crippen LogP contribution in [0.25, 0.3) is 0 Å². The second-order valence-electron chi connectivity index (χ2n) is 7.12. The molecule has 2 heterocycles. The van der Waals surface area contributed by atoms with Crippen LogP contribution in [-0.4, -0.2) is 36.1 Å². The molecule has 2 aliphatic rings. The molecule has 0 N–H and O–H groups in total. The van der Waals surface area contributed by atoms with E-state index >= 15 is 0 Å². The lowest BCUT2D eigenvalue weighted by atomic mass is 10.1. The van der Waals surface area contributed by atoms with E-state index in [0.29, 0.717) is 36.3 Å². The first-order valence-corrected chi connectivity index (χ1v) is 9.28. The van der Waals surface area contributed by atoms with Crippen molar-refractivity contribution in [2.24, 2.45) is 0 Å². The van der Waals surface area contributed by atoms with Crippen LogP contribution in [0.2, 0.25) is 0 Å². The molecule has 27 heavy (non-hydrogen) atoms. The van der Waals surface area contributed by atoms with E-state index in [1.807, 2.05) is 19.9 Å². The van der Waals surface area contributed by atoms with Crippen molar-refractivity contribution in [3.05, 3.63) is 46.8 Å². The number of benzene rings is 1. The minimum absolute atomic E-state index is 0.0883. The van der Waals surface area contributed by atoms with Gasteiger partial charge in [-0.05, 0) is 50.5 Å². The van der Waals surface area contributed by atoms with Crippen LogP contribution in [0, 0.1) is 13.8 Å². The number of nitrogens with zero attached hydrogens (tertiary/aromatic N) is 1. The molecule has 6 heteroatoms. The van der Waals surface area contributed by atoms with Gasteiger partial charge in [-0.15, -0.1) is 0 Å². The molecule has 4 rings (SSSR count). The molecule has 1 aliphatic heterocycles. The lowest BCUT2D eigenvalue weighted by Gasteiger charge is -2.18. The fourth-order valence-corrected chi connectivity index (χ4v) is 3.59. The molecule has 0 spiro atoms. The Hall–Kier alpha value is -2.76. The Kier molecular flexibility index (Phi) is 4.64. The molecule has 0 saturated heterocycles. The molecule has 1 aromatic heterocycles. The Morgan fingerprint density at radius 1 is 1.11 bits per heavy atom. The first-order valence-electron chi connectivity index (χ1n) is 9.28. The molecule has 6 nitrogen and oxygen atoms in total. The highest BCUT2D eigenvalue weighted by Crippen LogP contribution is 2.38. The molecule has 0 unspecified atom stereocenters. The molecular weight excluding hydrogens is 346 g/mol. The van der Waals surface area contributed by atoms with Gasteiger partial charge in [0.15, 0.2) is 18.1 Å². The normalized spacial score (nSPS) is 15.5. The van der Waals surface area contributed by atoms with Crippen LogP contribution in [0.5, 0.6) is 11.5 Å². The van der Waals surface area contributed by atoms with E-state index in [2.05, 4.69) is 4.57 Å². The highest BCUT2D eigenvalue weighted by Gasteiger charge is 2.28. The first-order chi connectivity index (χ1) is 13.0. The van der Waals surface area contributed by atoms with Crippen molar-refractivity contribution in [1.29, 1.82) is 0 Å². The van der Waals surface area contributed by atoms with Crippen molar-refractivity contribution in [3.63, 3.8) is 0 Å². The third kappa shape index (κ3) is 3.70. The fraction of sp³-hybridized carbons (Fsp3) is 0.429. The van der Waals surface area contributed by atoms with Crippen LogP contribution in [0.1, 0.15) is 46.2 Å². The number of hydrogen-bond acceptors (Lipinski definition) is 5. The molecule has 0 bridgehead atoms. The third-order valence-corrected chi connectivity index (χ3v) is 5.02. The van der Waals surface area contributed by atoms with Gasteiger partial charge in [-0.1, -0.05) is 6.07 Å². The van der Waals surface area contributed by atoms with E-state index in [1.54, 1.807) is 18.2 Å². The number of rotatable bonds is 6. The van der Waals surface area contributed by atoms with Gasteiger partial charge in [-0.2, -0.15) is 0 Å². The second kappa shape index (κ2) is 7.10. The van der Waals surface area contributed by atoms with E-state index in [9.17, 15) is 9.59 Å². The number of fused-ring (bicyclic) bond motifs is 1. The predicted molar refractivity (Wildman–Crippen MR) is 98.6 cm³/mol. The van der Waals surface area contributed by atoms with E-state index in [4.69, 9.17) is 14.2 Å². The summed E-state index contributed by atoms with van der Waals surface area (Å²) in [6, 6.07) is 7.78.